The van der Waals surface area contributed by atoms with Crippen molar-refractivity contribution in [2.45, 2.75) is 26.9 Å². The molecule has 0 aliphatic carbocycles. The van der Waals surface area contributed by atoms with Gasteiger partial charge in [0.25, 0.3) is 0 Å². The molecule has 0 bridgehead atoms. The van der Waals surface area contributed by atoms with Crippen LogP contribution in [0, 0.1) is 13.8 Å². The lowest BCUT2D eigenvalue weighted by Gasteiger charge is -2.34. The second kappa shape index (κ2) is 7.20. The van der Waals surface area contributed by atoms with Gasteiger partial charge in [-0.3, -0.25) is 0 Å². The van der Waals surface area contributed by atoms with E-state index in [4.69, 9.17) is 10.3 Å². The van der Waals surface area contributed by atoms with Gasteiger partial charge in [-0.15, -0.1) is 0 Å². The third-order valence-electron chi connectivity index (χ3n) is 6.09. The average molecular weight is 412 g/mol. The van der Waals surface area contributed by atoms with E-state index in [1.807, 2.05) is 12.1 Å². The maximum absolute atomic E-state index is 9.05. The summed E-state index contributed by atoms with van der Waals surface area (Å²) >= 11 is 0. The van der Waals surface area contributed by atoms with Gasteiger partial charge in [0.15, 0.2) is 0 Å². The Balaban J connectivity index is 2.21. The van der Waals surface area contributed by atoms with Crippen LogP contribution >= 0.6 is 0 Å². The SMILES string of the molecule is C=c1ccc2c(c1)[Si](C)(C)c1cc(C)ccc1C=2c1cc(N=[N+]=[N-])c(OC)cc1C. The highest BCUT2D eigenvalue weighted by molar-refractivity contribution is 7.01. The zero-order valence-electron chi connectivity index (χ0n) is 18.1. The zero-order valence-corrected chi connectivity index (χ0v) is 19.1. The molecule has 0 atom stereocenters. The highest BCUT2D eigenvalue weighted by Gasteiger charge is 2.35. The van der Waals surface area contributed by atoms with Gasteiger partial charge in [-0.05, 0) is 74.6 Å². The van der Waals surface area contributed by atoms with Crippen LogP contribution in [0.5, 0.6) is 5.75 Å². The van der Waals surface area contributed by atoms with E-state index in [1.54, 1.807) is 7.11 Å². The van der Waals surface area contributed by atoms with Crippen LogP contribution in [0.3, 0.4) is 0 Å². The van der Waals surface area contributed by atoms with Crippen LogP contribution in [-0.2, 0) is 0 Å². The monoisotopic (exact) mass is 411 g/mol. The Morgan fingerprint density at radius 1 is 0.967 bits per heavy atom. The van der Waals surface area contributed by atoms with Crippen LogP contribution in [-0.4, -0.2) is 15.2 Å². The van der Waals surface area contributed by atoms with Crippen LogP contribution in [0.1, 0.15) is 22.3 Å². The zero-order chi connectivity index (χ0) is 21.6. The number of aryl methyl sites for hydroxylation is 2. The maximum Gasteiger partial charge on any atom is 0.128 e. The molecule has 1 heterocycles. The molecule has 0 saturated heterocycles. The molecule has 0 aromatic heterocycles. The van der Waals surface area contributed by atoms with Crippen molar-refractivity contribution in [3.8, 4) is 5.75 Å². The van der Waals surface area contributed by atoms with Crippen molar-refractivity contribution in [2.75, 3.05) is 7.11 Å². The molecule has 4 rings (SSSR count). The number of methoxy groups -OCH3 is 1. The molecule has 30 heavy (non-hydrogen) atoms. The Labute approximate surface area is 177 Å². The lowest BCUT2D eigenvalue weighted by atomic mass is 9.90. The Hall–Kier alpha value is -3.27. The number of hydrogen-bond acceptors (Lipinski definition) is 2. The molecule has 3 aromatic carbocycles. The molecule has 0 spiro atoms. The van der Waals surface area contributed by atoms with Crippen LogP contribution in [0.4, 0.5) is 5.69 Å². The molecule has 4 nitrogen and oxygen atoms in total. The molecule has 0 radical (unpaired) electrons. The lowest BCUT2D eigenvalue weighted by Crippen LogP contribution is -2.63. The number of azide groups is 1. The predicted molar refractivity (Wildman–Crippen MR) is 127 cm³/mol. The molecule has 0 N–H and O–H groups in total. The molecule has 5 heteroatoms. The summed E-state index contributed by atoms with van der Waals surface area (Å²) in [5.74, 6) is 0.581. The van der Waals surface area contributed by atoms with Gasteiger partial charge in [0.05, 0.1) is 12.8 Å². The summed E-state index contributed by atoms with van der Waals surface area (Å²) in [5, 5.41) is 8.98. The fourth-order valence-corrected chi connectivity index (χ4v) is 7.72. The minimum absolute atomic E-state index is 0.499. The molecule has 0 saturated carbocycles. The summed E-state index contributed by atoms with van der Waals surface area (Å²) in [5.41, 5.74) is 15.4. The predicted octanol–water partition coefficient (Wildman–Crippen LogP) is 4.05. The Bertz CT molecular complexity index is 1350. The van der Waals surface area contributed by atoms with Crippen molar-refractivity contribution in [3.05, 3.63) is 91.7 Å². The average Bonchev–Trinajstić information content (AvgIpc) is 2.71. The van der Waals surface area contributed by atoms with E-state index in [0.717, 1.165) is 16.3 Å². The van der Waals surface area contributed by atoms with Crippen molar-refractivity contribution in [2.24, 2.45) is 5.11 Å². The van der Waals surface area contributed by atoms with Gasteiger partial charge in [-0.2, -0.15) is 0 Å². The van der Waals surface area contributed by atoms with Gasteiger partial charge < -0.3 is 4.74 Å². The standard InChI is InChI=1S/C25H25N3OSi/c1-15-7-9-18-23(11-15)30(5,6)24-12-16(2)8-10-19(24)25(18)20-14-21(27-28-26)22(29-4)13-17(20)3/h7-14H,1H2,2-6H3. The first-order chi connectivity index (χ1) is 14.3. The van der Waals surface area contributed by atoms with Crippen molar-refractivity contribution < 1.29 is 4.74 Å². The third-order valence-corrected chi connectivity index (χ3v) is 9.61. The summed E-state index contributed by atoms with van der Waals surface area (Å²) in [6.45, 7) is 13.2. The van der Waals surface area contributed by atoms with Crippen LogP contribution in [0.2, 0.25) is 13.1 Å². The Kier molecular flexibility index (Phi) is 4.81. The fraction of sp³-hybridized carbons (Fsp3) is 0.200. The second-order valence-corrected chi connectivity index (χ2v) is 12.8. The minimum atomic E-state index is -1.90. The number of benzene rings is 3. The van der Waals surface area contributed by atoms with Crippen LogP contribution < -0.4 is 25.5 Å². The van der Waals surface area contributed by atoms with Crippen molar-refractivity contribution in [1.29, 1.82) is 0 Å². The van der Waals surface area contributed by atoms with Gasteiger partial charge in [0.1, 0.15) is 13.8 Å². The number of nitrogens with zero attached hydrogens (tertiary/aromatic N) is 3. The normalized spacial score (nSPS) is 13.8. The first kappa shape index (κ1) is 20.0. The fourth-order valence-electron chi connectivity index (χ4n) is 4.53. The summed E-state index contributed by atoms with van der Waals surface area (Å²) < 4.78 is 5.45. The Morgan fingerprint density at radius 2 is 1.73 bits per heavy atom. The van der Waals surface area contributed by atoms with Gasteiger partial charge in [-0.25, -0.2) is 0 Å². The van der Waals surface area contributed by atoms with E-state index in [1.165, 1.54) is 32.3 Å². The van der Waals surface area contributed by atoms with E-state index in [9.17, 15) is 0 Å². The van der Waals surface area contributed by atoms with Gasteiger partial charge in [-0.1, -0.05) is 66.7 Å². The first-order valence-corrected chi connectivity index (χ1v) is 13.0. The molecule has 150 valence electrons. The molecule has 0 fully saturated rings. The molecule has 0 unspecified atom stereocenters. The van der Waals surface area contributed by atoms with Crippen molar-refractivity contribution >= 4 is 36.3 Å². The summed E-state index contributed by atoms with van der Waals surface area (Å²) in [7, 11) is -0.308. The number of rotatable bonds is 3. The Morgan fingerprint density at radius 3 is 2.43 bits per heavy atom. The molecule has 0 amide bonds. The lowest BCUT2D eigenvalue weighted by molar-refractivity contribution is 0.415. The molecule has 1 aliphatic heterocycles. The van der Waals surface area contributed by atoms with E-state index in [0.29, 0.717) is 11.4 Å². The van der Waals surface area contributed by atoms with E-state index in [2.05, 4.69) is 79.9 Å². The smallest absolute Gasteiger partial charge is 0.128 e. The van der Waals surface area contributed by atoms with Crippen LogP contribution in [0.25, 0.3) is 22.6 Å². The topological polar surface area (TPSA) is 58.0 Å². The third kappa shape index (κ3) is 3.03. The van der Waals surface area contributed by atoms with Gasteiger partial charge >= 0.3 is 0 Å². The summed E-state index contributed by atoms with van der Waals surface area (Å²) in [4.78, 5) is 3.00. The van der Waals surface area contributed by atoms with Crippen LogP contribution in [0.15, 0.2) is 53.6 Å². The number of fused-ring (bicyclic) bond motifs is 2. The number of hydrogen-bond donors (Lipinski definition) is 0. The highest BCUT2D eigenvalue weighted by Crippen LogP contribution is 2.36. The first-order valence-electron chi connectivity index (χ1n) is 9.97. The van der Waals surface area contributed by atoms with Gasteiger partial charge in [0, 0.05) is 4.91 Å². The quantitative estimate of drug-likeness (QED) is 0.278. The summed E-state index contributed by atoms with van der Waals surface area (Å²) in [6, 6.07) is 17.2. The maximum atomic E-state index is 9.05. The molecular weight excluding hydrogens is 386 g/mol. The van der Waals surface area contributed by atoms with Gasteiger partial charge in [0.2, 0.25) is 0 Å². The second-order valence-electron chi connectivity index (χ2n) is 8.46. The van der Waals surface area contributed by atoms with E-state index in [-0.39, 0.29) is 0 Å². The highest BCUT2D eigenvalue weighted by atomic mass is 28.3. The van der Waals surface area contributed by atoms with E-state index >= 15 is 0 Å². The molecular formula is C25H25N3OSi. The van der Waals surface area contributed by atoms with E-state index < -0.39 is 8.07 Å². The summed E-state index contributed by atoms with van der Waals surface area (Å²) in [6.07, 6.45) is 0. The molecule has 1 aliphatic rings. The largest absolute Gasteiger partial charge is 0.496 e. The minimum Gasteiger partial charge on any atom is -0.496 e. The van der Waals surface area contributed by atoms with Crippen molar-refractivity contribution in [1.82, 2.24) is 0 Å². The molecule has 3 aromatic rings. The number of ether oxygens (including phenoxy) is 1. The van der Waals surface area contributed by atoms with Crippen molar-refractivity contribution in [3.63, 3.8) is 0 Å².